The Hall–Kier alpha value is -3.60. The number of halogens is 4. The van der Waals surface area contributed by atoms with E-state index in [4.69, 9.17) is 4.74 Å². The highest BCUT2D eigenvalue weighted by atomic mass is 32.2. The molecule has 0 aliphatic carbocycles. The van der Waals surface area contributed by atoms with Crippen LogP contribution in [0.15, 0.2) is 77.7 Å². The molecule has 0 fully saturated rings. The lowest BCUT2D eigenvalue weighted by Crippen LogP contribution is -2.20. The van der Waals surface area contributed by atoms with E-state index >= 15 is 0 Å². The first-order valence-corrected chi connectivity index (χ1v) is 10.5. The van der Waals surface area contributed by atoms with Gasteiger partial charge in [-0.25, -0.2) is 12.8 Å². The average Bonchev–Trinajstić information content (AvgIpc) is 2.73. The molecule has 3 aromatic rings. The molecule has 2 N–H and O–H groups in total. The van der Waals surface area contributed by atoms with Crippen molar-refractivity contribution in [1.82, 2.24) is 0 Å². The molecule has 6 nitrogen and oxygen atoms in total. The van der Waals surface area contributed by atoms with Gasteiger partial charge in [-0.2, -0.15) is 13.2 Å². The van der Waals surface area contributed by atoms with Crippen LogP contribution in [0.3, 0.4) is 0 Å². The lowest BCUT2D eigenvalue weighted by Gasteiger charge is -2.12. The Balaban J connectivity index is 1.68. The second kappa shape index (κ2) is 9.27. The van der Waals surface area contributed by atoms with Crippen molar-refractivity contribution in [1.29, 1.82) is 0 Å². The molecule has 0 heterocycles. The Bertz CT molecular complexity index is 1210. The largest absolute Gasteiger partial charge is 0.484 e. The second-order valence-electron chi connectivity index (χ2n) is 6.50. The van der Waals surface area contributed by atoms with Gasteiger partial charge in [-0.15, -0.1) is 0 Å². The molecular weight excluding hydrogens is 452 g/mol. The second-order valence-corrected chi connectivity index (χ2v) is 8.19. The van der Waals surface area contributed by atoms with E-state index in [0.717, 1.165) is 18.2 Å². The maximum absolute atomic E-state index is 12.9. The fraction of sp³-hybridized carbons (Fsp3) is 0.0952. The first kappa shape index (κ1) is 23.1. The number of nitrogens with one attached hydrogen (secondary N) is 2. The minimum absolute atomic E-state index is 0.129. The van der Waals surface area contributed by atoms with Gasteiger partial charge in [-0.1, -0.05) is 12.1 Å². The number of amides is 1. The van der Waals surface area contributed by atoms with Crippen molar-refractivity contribution in [2.24, 2.45) is 0 Å². The van der Waals surface area contributed by atoms with Crippen LogP contribution in [0.5, 0.6) is 5.75 Å². The normalized spacial score (nSPS) is 11.6. The Morgan fingerprint density at radius 2 is 1.56 bits per heavy atom. The Labute approximate surface area is 180 Å². The van der Waals surface area contributed by atoms with Gasteiger partial charge in [0, 0.05) is 11.4 Å². The molecule has 0 spiro atoms. The SMILES string of the molecule is O=C(COc1ccc(F)cc1)Nc1cccc(S(=O)(=O)Nc2cccc(C(F)(F)F)c2)c1. The van der Waals surface area contributed by atoms with Crippen molar-refractivity contribution in [3.8, 4) is 5.75 Å². The highest BCUT2D eigenvalue weighted by molar-refractivity contribution is 7.92. The van der Waals surface area contributed by atoms with Crippen molar-refractivity contribution in [2.75, 3.05) is 16.6 Å². The van der Waals surface area contributed by atoms with Gasteiger partial charge in [-0.3, -0.25) is 9.52 Å². The molecule has 0 radical (unpaired) electrons. The maximum Gasteiger partial charge on any atom is 0.416 e. The van der Waals surface area contributed by atoms with E-state index in [1.165, 1.54) is 48.5 Å². The lowest BCUT2D eigenvalue weighted by atomic mass is 10.2. The molecule has 0 atom stereocenters. The number of hydrogen-bond acceptors (Lipinski definition) is 4. The van der Waals surface area contributed by atoms with Crippen LogP contribution in [0, 0.1) is 5.82 Å². The van der Waals surface area contributed by atoms with Crippen LogP contribution in [0.1, 0.15) is 5.56 Å². The number of rotatable bonds is 7. The number of carbonyl (C=O) groups excluding carboxylic acids is 1. The van der Waals surface area contributed by atoms with Gasteiger partial charge in [0.15, 0.2) is 6.61 Å². The predicted molar refractivity (Wildman–Crippen MR) is 109 cm³/mol. The van der Waals surface area contributed by atoms with Gasteiger partial charge in [-0.05, 0) is 60.7 Å². The monoisotopic (exact) mass is 468 g/mol. The smallest absolute Gasteiger partial charge is 0.416 e. The summed E-state index contributed by atoms with van der Waals surface area (Å²) in [5, 5.41) is 2.45. The summed E-state index contributed by atoms with van der Waals surface area (Å²) in [7, 11) is -4.23. The third-order valence-electron chi connectivity index (χ3n) is 4.05. The van der Waals surface area contributed by atoms with Crippen LogP contribution in [0.25, 0.3) is 0 Å². The summed E-state index contributed by atoms with van der Waals surface area (Å²) in [5.74, 6) is -0.795. The van der Waals surface area contributed by atoms with Crippen molar-refractivity contribution in [3.05, 3.63) is 84.2 Å². The number of carbonyl (C=O) groups is 1. The van der Waals surface area contributed by atoms with Crippen LogP contribution < -0.4 is 14.8 Å². The predicted octanol–water partition coefficient (Wildman–Crippen LogP) is 4.66. The molecule has 0 aromatic heterocycles. The van der Waals surface area contributed by atoms with Crippen molar-refractivity contribution < 1.29 is 35.5 Å². The average molecular weight is 468 g/mol. The molecule has 11 heteroatoms. The Morgan fingerprint density at radius 3 is 2.25 bits per heavy atom. The number of sulfonamides is 1. The van der Waals surface area contributed by atoms with E-state index in [-0.39, 0.29) is 22.0 Å². The minimum Gasteiger partial charge on any atom is -0.484 e. The fourth-order valence-corrected chi connectivity index (χ4v) is 3.69. The first-order valence-electron chi connectivity index (χ1n) is 9.01. The summed E-state index contributed by atoms with van der Waals surface area (Å²) in [6.07, 6.45) is -4.62. The van der Waals surface area contributed by atoms with Crippen LogP contribution in [0.2, 0.25) is 0 Å². The Morgan fingerprint density at radius 1 is 0.906 bits per heavy atom. The summed E-state index contributed by atoms with van der Waals surface area (Å²) in [6.45, 7) is -0.412. The summed E-state index contributed by atoms with van der Waals surface area (Å²) < 4.78 is 83.9. The molecule has 0 saturated carbocycles. The third kappa shape index (κ3) is 6.20. The summed E-state index contributed by atoms with van der Waals surface area (Å²) in [5.41, 5.74) is -1.13. The Kier molecular flexibility index (Phi) is 6.68. The first-order chi connectivity index (χ1) is 15.0. The zero-order chi connectivity index (χ0) is 23.4. The van der Waals surface area contributed by atoms with Gasteiger partial charge < -0.3 is 10.1 Å². The van der Waals surface area contributed by atoms with Crippen molar-refractivity contribution in [3.63, 3.8) is 0 Å². The number of ether oxygens (including phenoxy) is 1. The highest BCUT2D eigenvalue weighted by Crippen LogP contribution is 2.31. The van der Waals surface area contributed by atoms with Gasteiger partial charge >= 0.3 is 6.18 Å². The number of benzene rings is 3. The number of hydrogen-bond donors (Lipinski definition) is 2. The third-order valence-corrected chi connectivity index (χ3v) is 5.43. The molecule has 0 aliphatic heterocycles. The molecule has 0 aliphatic rings. The van der Waals surface area contributed by atoms with Crippen LogP contribution in [-0.2, 0) is 21.0 Å². The van der Waals surface area contributed by atoms with Crippen molar-refractivity contribution >= 4 is 27.3 Å². The van der Waals surface area contributed by atoms with E-state index in [1.807, 2.05) is 0 Å². The lowest BCUT2D eigenvalue weighted by molar-refractivity contribution is -0.137. The van der Waals surface area contributed by atoms with Gasteiger partial charge in [0.2, 0.25) is 0 Å². The van der Waals surface area contributed by atoms with E-state index in [0.29, 0.717) is 6.07 Å². The van der Waals surface area contributed by atoms with E-state index < -0.39 is 40.1 Å². The van der Waals surface area contributed by atoms with Crippen LogP contribution in [0.4, 0.5) is 28.9 Å². The zero-order valence-electron chi connectivity index (χ0n) is 16.2. The molecule has 168 valence electrons. The van der Waals surface area contributed by atoms with Crippen molar-refractivity contribution in [2.45, 2.75) is 11.1 Å². The molecule has 1 amide bonds. The summed E-state index contributed by atoms with van der Waals surface area (Å²) in [6, 6.07) is 13.9. The summed E-state index contributed by atoms with van der Waals surface area (Å²) >= 11 is 0. The standard InChI is InChI=1S/C21H16F4N2O4S/c22-15-7-9-18(10-8-15)31-13-20(28)26-16-4-2-6-19(12-16)32(29,30)27-17-5-1-3-14(11-17)21(23,24)25/h1-12,27H,13H2,(H,26,28). The maximum atomic E-state index is 12.9. The molecule has 3 rings (SSSR count). The topological polar surface area (TPSA) is 84.5 Å². The molecule has 0 saturated heterocycles. The van der Waals surface area contributed by atoms with Crippen LogP contribution >= 0.6 is 0 Å². The van der Waals surface area contributed by atoms with Crippen LogP contribution in [-0.4, -0.2) is 20.9 Å². The number of anilines is 2. The highest BCUT2D eigenvalue weighted by Gasteiger charge is 2.30. The minimum atomic E-state index is -4.62. The van der Waals surface area contributed by atoms with E-state index in [9.17, 15) is 30.8 Å². The van der Waals surface area contributed by atoms with Gasteiger partial charge in [0.25, 0.3) is 15.9 Å². The fourth-order valence-electron chi connectivity index (χ4n) is 2.59. The van der Waals surface area contributed by atoms with Gasteiger partial charge in [0.05, 0.1) is 10.5 Å². The molecule has 3 aromatic carbocycles. The van der Waals surface area contributed by atoms with E-state index in [1.54, 1.807) is 0 Å². The van der Waals surface area contributed by atoms with Gasteiger partial charge in [0.1, 0.15) is 11.6 Å². The molecule has 0 bridgehead atoms. The quantitative estimate of drug-likeness (QED) is 0.494. The number of alkyl halides is 3. The molecular formula is C21H16F4N2O4S. The molecule has 0 unspecified atom stereocenters. The molecule has 32 heavy (non-hydrogen) atoms. The summed E-state index contributed by atoms with van der Waals surface area (Å²) in [4.78, 5) is 11.8. The zero-order valence-corrected chi connectivity index (χ0v) is 17.0. The van der Waals surface area contributed by atoms with E-state index in [2.05, 4.69) is 10.0 Å².